The fourth-order valence-electron chi connectivity index (χ4n) is 4.89. The molecule has 0 amide bonds. The highest BCUT2D eigenvalue weighted by molar-refractivity contribution is 5.79. The van der Waals surface area contributed by atoms with Gasteiger partial charge in [0.2, 0.25) is 5.82 Å². The van der Waals surface area contributed by atoms with Crippen molar-refractivity contribution in [3.8, 4) is 0 Å². The maximum absolute atomic E-state index is 13.3. The fourth-order valence-corrected chi connectivity index (χ4v) is 4.89. The molecule has 1 unspecified atom stereocenters. The fraction of sp³-hybridized carbons (Fsp3) is 0.583. The summed E-state index contributed by atoms with van der Waals surface area (Å²) in [5, 5.41) is 14.0. The van der Waals surface area contributed by atoms with E-state index in [1.165, 1.54) is 42.6 Å². The molecule has 2 N–H and O–H groups in total. The number of H-pyrrole nitrogens is 1. The van der Waals surface area contributed by atoms with E-state index in [2.05, 4.69) is 67.4 Å². The summed E-state index contributed by atoms with van der Waals surface area (Å²) in [6.45, 7) is 8.51. The van der Waals surface area contributed by atoms with Gasteiger partial charge >= 0.3 is 0 Å². The number of nitrogens with one attached hydrogen (secondary N) is 2. The molecule has 0 bridgehead atoms. The summed E-state index contributed by atoms with van der Waals surface area (Å²) in [4.78, 5) is 17.7. The summed E-state index contributed by atoms with van der Waals surface area (Å²) in [5.41, 5.74) is 2.49. The van der Waals surface area contributed by atoms with Gasteiger partial charge in [0.05, 0.1) is 24.2 Å². The molecule has 4 rings (SSSR count). The van der Waals surface area contributed by atoms with Crippen LogP contribution in [-0.4, -0.2) is 38.3 Å². The van der Waals surface area contributed by atoms with Gasteiger partial charge in [-0.1, -0.05) is 25.0 Å². The standard InChI is InChI=1S/C24H34N6O/c1-6-24(3,4)30-22(26-27-28-30)21(29(5)18-10-8-7-9-11-18)19-15-17-14-16(2)12-13-20(17)25-23(19)31/h12-15,18,21H,6-11H2,1-5H3,(H,25,31)/p+1/t21-/m0/s1. The zero-order valence-corrected chi connectivity index (χ0v) is 19.4. The average molecular weight is 424 g/mol. The molecule has 3 aromatic rings. The van der Waals surface area contributed by atoms with Crippen molar-refractivity contribution in [1.82, 2.24) is 25.2 Å². The molecule has 1 fully saturated rings. The third-order valence-corrected chi connectivity index (χ3v) is 7.23. The van der Waals surface area contributed by atoms with Gasteiger partial charge in [0, 0.05) is 5.52 Å². The minimum Gasteiger partial charge on any atom is -0.322 e. The molecule has 1 aliphatic carbocycles. The van der Waals surface area contributed by atoms with E-state index in [0.717, 1.165) is 28.7 Å². The lowest BCUT2D eigenvalue weighted by Crippen LogP contribution is -3.13. The van der Waals surface area contributed by atoms with Gasteiger partial charge in [-0.05, 0) is 86.9 Å². The summed E-state index contributed by atoms with van der Waals surface area (Å²) >= 11 is 0. The van der Waals surface area contributed by atoms with E-state index in [9.17, 15) is 4.79 Å². The molecule has 0 saturated heterocycles. The predicted octanol–water partition coefficient (Wildman–Crippen LogP) is 2.90. The zero-order valence-electron chi connectivity index (χ0n) is 19.4. The van der Waals surface area contributed by atoms with Crippen molar-refractivity contribution < 1.29 is 4.90 Å². The second-order valence-corrected chi connectivity index (χ2v) is 9.77. The van der Waals surface area contributed by atoms with Crippen LogP contribution in [-0.2, 0) is 5.54 Å². The number of aromatic amines is 1. The van der Waals surface area contributed by atoms with Crippen molar-refractivity contribution in [2.24, 2.45) is 0 Å². The Bertz CT molecular complexity index is 1110. The van der Waals surface area contributed by atoms with Crippen LogP contribution in [0.25, 0.3) is 10.9 Å². The Morgan fingerprint density at radius 2 is 1.97 bits per heavy atom. The molecule has 166 valence electrons. The maximum atomic E-state index is 13.3. The first-order valence-corrected chi connectivity index (χ1v) is 11.6. The van der Waals surface area contributed by atoms with Crippen molar-refractivity contribution in [2.75, 3.05) is 7.05 Å². The topological polar surface area (TPSA) is 80.9 Å². The van der Waals surface area contributed by atoms with Crippen molar-refractivity contribution >= 4 is 10.9 Å². The van der Waals surface area contributed by atoms with Crippen molar-refractivity contribution in [1.29, 1.82) is 0 Å². The van der Waals surface area contributed by atoms with E-state index in [1.54, 1.807) is 0 Å². The number of pyridine rings is 1. The molecular formula is C24H35N6O+. The van der Waals surface area contributed by atoms with Crippen LogP contribution < -0.4 is 10.5 Å². The van der Waals surface area contributed by atoms with E-state index >= 15 is 0 Å². The molecule has 0 spiro atoms. The Balaban J connectivity index is 1.90. The summed E-state index contributed by atoms with van der Waals surface area (Å²) in [6.07, 6.45) is 7.02. The van der Waals surface area contributed by atoms with Crippen LogP contribution in [0.1, 0.15) is 82.3 Å². The SMILES string of the molecule is CCC(C)(C)n1nnnc1[C@H](c1cc2cc(C)ccc2[nH]c1=O)[NH+](C)C1CCCCC1. The number of benzene rings is 1. The molecule has 2 aromatic heterocycles. The molecule has 0 radical (unpaired) electrons. The number of rotatable bonds is 6. The van der Waals surface area contributed by atoms with E-state index in [1.807, 2.05) is 16.8 Å². The number of aromatic nitrogens is 5. The minimum absolute atomic E-state index is 0.0552. The quantitative estimate of drug-likeness (QED) is 0.639. The Labute approximate surface area is 183 Å². The number of tetrazole rings is 1. The van der Waals surface area contributed by atoms with E-state index in [-0.39, 0.29) is 17.1 Å². The maximum Gasteiger partial charge on any atom is 0.258 e. The lowest BCUT2D eigenvalue weighted by Gasteiger charge is -2.35. The molecule has 0 aliphatic heterocycles. The Kier molecular flexibility index (Phi) is 5.97. The number of aryl methyl sites for hydroxylation is 1. The highest BCUT2D eigenvalue weighted by Crippen LogP contribution is 2.26. The van der Waals surface area contributed by atoms with Gasteiger partial charge in [-0.25, -0.2) is 4.68 Å². The molecule has 31 heavy (non-hydrogen) atoms. The summed E-state index contributed by atoms with van der Waals surface area (Å²) in [7, 11) is 2.21. The van der Waals surface area contributed by atoms with Gasteiger partial charge in [-0.15, -0.1) is 5.10 Å². The first-order chi connectivity index (χ1) is 14.8. The highest BCUT2D eigenvalue weighted by atomic mass is 16.1. The second kappa shape index (κ2) is 8.54. The third-order valence-electron chi connectivity index (χ3n) is 7.23. The lowest BCUT2D eigenvalue weighted by molar-refractivity contribution is -0.933. The Morgan fingerprint density at radius 3 is 2.68 bits per heavy atom. The zero-order chi connectivity index (χ0) is 22.2. The van der Waals surface area contributed by atoms with Gasteiger partial charge < -0.3 is 9.88 Å². The molecule has 2 atom stereocenters. The molecule has 7 nitrogen and oxygen atoms in total. The number of fused-ring (bicyclic) bond motifs is 1. The van der Waals surface area contributed by atoms with E-state index in [4.69, 9.17) is 0 Å². The van der Waals surface area contributed by atoms with Crippen LogP contribution >= 0.6 is 0 Å². The normalized spacial score (nSPS) is 17.7. The lowest BCUT2D eigenvalue weighted by atomic mass is 9.91. The van der Waals surface area contributed by atoms with Crippen molar-refractivity contribution in [2.45, 2.75) is 83.8 Å². The summed E-state index contributed by atoms with van der Waals surface area (Å²) in [6, 6.07) is 8.45. The van der Waals surface area contributed by atoms with Crippen LogP contribution in [0.5, 0.6) is 0 Å². The van der Waals surface area contributed by atoms with Crippen LogP contribution in [0, 0.1) is 6.92 Å². The number of hydrogen-bond donors (Lipinski definition) is 2. The smallest absolute Gasteiger partial charge is 0.258 e. The van der Waals surface area contributed by atoms with Crippen LogP contribution in [0.4, 0.5) is 0 Å². The third kappa shape index (κ3) is 4.15. The Morgan fingerprint density at radius 1 is 1.23 bits per heavy atom. The van der Waals surface area contributed by atoms with Crippen LogP contribution in [0.15, 0.2) is 29.1 Å². The largest absolute Gasteiger partial charge is 0.322 e. The molecule has 2 heterocycles. The highest BCUT2D eigenvalue weighted by Gasteiger charge is 2.38. The Hall–Kier alpha value is -2.54. The van der Waals surface area contributed by atoms with Crippen molar-refractivity contribution in [3.05, 3.63) is 51.6 Å². The van der Waals surface area contributed by atoms with Gasteiger partial charge in [0.25, 0.3) is 5.56 Å². The van der Waals surface area contributed by atoms with Gasteiger partial charge in [0.15, 0.2) is 6.04 Å². The van der Waals surface area contributed by atoms with E-state index in [0.29, 0.717) is 6.04 Å². The van der Waals surface area contributed by atoms with Gasteiger partial charge in [-0.3, -0.25) is 4.79 Å². The molecule has 1 aromatic carbocycles. The summed E-state index contributed by atoms with van der Waals surface area (Å²) < 4.78 is 1.93. The summed E-state index contributed by atoms with van der Waals surface area (Å²) in [5.74, 6) is 0.771. The number of quaternary nitrogens is 1. The first-order valence-electron chi connectivity index (χ1n) is 11.6. The van der Waals surface area contributed by atoms with Crippen LogP contribution in [0.3, 0.4) is 0 Å². The average Bonchev–Trinajstić information content (AvgIpc) is 3.25. The molecule has 7 heteroatoms. The second-order valence-electron chi connectivity index (χ2n) is 9.77. The number of nitrogens with zero attached hydrogens (tertiary/aromatic N) is 4. The van der Waals surface area contributed by atoms with Crippen LogP contribution in [0.2, 0.25) is 0 Å². The molecule has 1 saturated carbocycles. The molecule has 1 aliphatic rings. The van der Waals surface area contributed by atoms with Gasteiger partial charge in [0.1, 0.15) is 0 Å². The minimum atomic E-state index is -0.232. The predicted molar refractivity (Wildman–Crippen MR) is 122 cm³/mol. The monoisotopic (exact) mass is 423 g/mol. The molecular weight excluding hydrogens is 388 g/mol. The number of hydrogen-bond acceptors (Lipinski definition) is 4. The first kappa shape index (κ1) is 21.7. The van der Waals surface area contributed by atoms with Gasteiger partial charge in [-0.2, -0.15) is 0 Å². The van der Waals surface area contributed by atoms with Crippen molar-refractivity contribution in [3.63, 3.8) is 0 Å². The van der Waals surface area contributed by atoms with E-state index < -0.39 is 0 Å².